The monoisotopic (exact) mass is 385 g/mol. The molecule has 0 spiro atoms. The predicted molar refractivity (Wildman–Crippen MR) is 116 cm³/mol. The number of aliphatic imine (C=N–C) groups is 1. The number of hydrogen-bond acceptors (Lipinski definition) is 4. The molecule has 6 heteroatoms. The molecule has 0 radical (unpaired) electrons. The molecule has 2 aromatic heterocycles. The summed E-state index contributed by atoms with van der Waals surface area (Å²) in [7, 11) is 0. The molecule has 0 unspecified atom stereocenters. The fraction of sp³-hybridized carbons (Fsp3) is 0.524. The molecule has 5 nitrogen and oxygen atoms in total. The van der Waals surface area contributed by atoms with Crippen LogP contribution in [0.2, 0.25) is 0 Å². The Morgan fingerprint density at radius 3 is 2.78 bits per heavy atom. The van der Waals surface area contributed by atoms with Crippen molar-refractivity contribution in [2.75, 3.05) is 31.1 Å². The molecule has 2 N–H and O–H groups in total. The predicted octanol–water partition coefficient (Wildman–Crippen LogP) is 3.78. The highest BCUT2D eigenvalue weighted by atomic mass is 32.1. The summed E-state index contributed by atoms with van der Waals surface area (Å²) in [5.74, 6) is 1.94. The van der Waals surface area contributed by atoms with Gasteiger partial charge in [0.15, 0.2) is 5.96 Å². The van der Waals surface area contributed by atoms with Gasteiger partial charge in [-0.05, 0) is 48.9 Å². The van der Waals surface area contributed by atoms with Crippen LogP contribution in [0.15, 0.2) is 40.8 Å². The van der Waals surface area contributed by atoms with Gasteiger partial charge in [-0.2, -0.15) is 0 Å². The van der Waals surface area contributed by atoms with Gasteiger partial charge >= 0.3 is 0 Å². The van der Waals surface area contributed by atoms with Gasteiger partial charge in [0.25, 0.3) is 0 Å². The summed E-state index contributed by atoms with van der Waals surface area (Å²) in [5, 5.41) is 9.00. The molecular formula is C21H31N5S. The quantitative estimate of drug-likeness (QED) is 0.563. The minimum atomic E-state index is 0.0734. The van der Waals surface area contributed by atoms with Gasteiger partial charge in [-0.3, -0.25) is 0 Å². The highest BCUT2D eigenvalue weighted by Gasteiger charge is 2.22. The highest BCUT2D eigenvalue weighted by Crippen LogP contribution is 2.26. The van der Waals surface area contributed by atoms with Crippen LogP contribution >= 0.6 is 11.3 Å². The molecule has 1 aliphatic heterocycles. The Morgan fingerprint density at radius 1 is 1.26 bits per heavy atom. The van der Waals surface area contributed by atoms with Crippen molar-refractivity contribution < 1.29 is 0 Å². The summed E-state index contributed by atoms with van der Waals surface area (Å²) in [5.41, 5.74) is 1.27. The summed E-state index contributed by atoms with van der Waals surface area (Å²) in [6, 6.07) is 8.55. The minimum absolute atomic E-state index is 0.0734. The van der Waals surface area contributed by atoms with Crippen molar-refractivity contribution in [2.24, 2.45) is 4.99 Å². The van der Waals surface area contributed by atoms with Gasteiger partial charge in [0.1, 0.15) is 5.82 Å². The normalized spacial score (nSPS) is 15.2. The second-order valence-corrected chi connectivity index (χ2v) is 8.57. The fourth-order valence-electron chi connectivity index (χ4n) is 3.25. The van der Waals surface area contributed by atoms with Gasteiger partial charge < -0.3 is 15.5 Å². The van der Waals surface area contributed by atoms with Crippen LogP contribution in [0.3, 0.4) is 0 Å². The van der Waals surface area contributed by atoms with Crippen LogP contribution in [-0.2, 0) is 12.0 Å². The molecule has 0 atom stereocenters. The molecular weight excluding hydrogens is 354 g/mol. The molecule has 1 aliphatic rings. The van der Waals surface area contributed by atoms with Gasteiger partial charge in [-0.1, -0.05) is 19.9 Å². The van der Waals surface area contributed by atoms with E-state index in [1.165, 1.54) is 23.3 Å². The lowest BCUT2D eigenvalue weighted by Gasteiger charge is -2.25. The van der Waals surface area contributed by atoms with E-state index in [2.05, 4.69) is 70.9 Å². The van der Waals surface area contributed by atoms with Crippen molar-refractivity contribution >= 4 is 23.1 Å². The molecule has 3 rings (SSSR count). The lowest BCUT2D eigenvalue weighted by atomic mass is 9.91. The van der Waals surface area contributed by atoms with Crippen molar-refractivity contribution in [3.8, 4) is 0 Å². The standard InChI is InChI=1S/C21H31N5S/c1-4-22-20(25-16-21(2,3)18-8-7-13-27-18)24-15-17-9-10-23-19(14-17)26-11-5-6-12-26/h7-10,13-14H,4-6,11-12,15-16H2,1-3H3,(H2,22,24,25). The molecule has 0 amide bonds. The average Bonchev–Trinajstić information content (AvgIpc) is 3.38. The fourth-order valence-corrected chi connectivity index (χ4v) is 4.10. The van der Waals surface area contributed by atoms with Crippen LogP contribution in [0, 0.1) is 0 Å². The molecule has 2 aromatic rings. The summed E-state index contributed by atoms with van der Waals surface area (Å²) >= 11 is 1.81. The number of pyridine rings is 1. The van der Waals surface area contributed by atoms with Crippen LogP contribution < -0.4 is 15.5 Å². The Kier molecular flexibility index (Phi) is 6.72. The van der Waals surface area contributed by atoms with E-state index < -0.39 is 0 Å². The number of hydrogen-bond donors (Lipinski definition) is 2. The zero-order chi connectivity index (χ0) is 19.1. The minimum Gasteiger partial charge on any atom is -0.357 e. The van der Waals surface area contributed by atoms with E-state index in [9.17, 15) is 0 Å². The van der Waals surface area contributed by atoms with E-state index in [-0.39, 0.29) is 5.41 Å². The molecule has 3 heterocycles. The van der Waals surface area contributed by atoms with Gasteiger partial charge in [0, 0.05) is 42.7 Å². The molecule has 0 aromatic carbocycles. The maximum atomic E-state index is 4.79. The number of rotatable bonds is 7. The van der Waals surface area contributed by atoms with Crippen molar-refractivity contribution in [1.82, 2.24) is 15.6 Å². The summed E-state index contributed by atoms with van der Waals surface area (Å²) in [6.07, 6.45) is 4.43. The number of aromatic nitrogens is 1. The Morgan fingerprint density at radius 2 is 2.07 bits per heavy atom. The maximum absolute atomic E-state index is 4.79. The third-order valence-electron chi connectivity index (χ3n) is 4.89. The summed E-state index contributed by atoms with van der Waals surface area (Å²) in [6.45, 7) is 11.2. The first-order chi connectivity index (χ1) is 13.1. The van der Waals surface area contributed by atoms with Crippen LogP contribution in [0.25, 0.3) is 0 Å². The highest BCUT2D eigenvalue weighted by molar-refractivity contribution is 7.10. The van der Waals surface area contributed by atoms with Crippen molar-refractivity contribution in [1.29, 1.82) is 0 Å². The van der Waals surface area contributed by atoms with Gasteiger partial charge in [0.2, 0.25) is 0 Å². The lowest BCUT2D eigenvalue weighted by Crippen LogP contribution is -2.43. The van der Waals surface area contributed by atoms with E-state index in [0.717, 1.165) is 38.0 Å². The van der Waals surface area contributed by atoms with E-state index >= 15 is 0 Å². The van der Waals surface area contributed by atoms with Crippen LogP contribution in [0.5, 0.6) is 0 Å². The number of thiophene rings is 1. The van der Waals surface area contributed by atoms with Crippen LogP contribution in [-0.4, -0.2) is 37.1 Å². The molecule has 27 heavy (non-hydrogen) atoms. The number of anilines is 1. The third kappa shape index (κ3) is 5.45. The Labute approximate surface area is 166 Å². The van der Waals surface area contributed by atoms with Gasteiger partial charge in [0.05, 0.1) is 6.54 Å². The molecule has 0 aliphatic carbocycles. The van der Waals surface area contributed by atoms with Crippen molar-refractivity contribution in [2.45, 2.75) is 45.6 Å². The zero-order valence-electron chi connectivity index (χ0n) is 16.7. The van der Waals surface area contributed by atoms with Gasteiger partial charge in [-0.25, -0.2) is 9.98 Å². The Hall–Kier alpha value is -2.08. The third-order valence-corrected chi connectivity index (χ3v) is 6.13. The van der Waals surface area contributed by atoms with E-state index in [4.69, 9.17) is 4.99 Å². The SMILES string of the molecule is CCNC(=NCc1ccnc(N2CCCC2)c1)NCC(C)(C)c1cccs1. The van der Waals surface area contributed by atoms with Crippen molar-refractivity contribution in [3.05, 3.63) is 46.3 Å². The summed E-state index contributed by atoms with van der Waals surface area (Å²) < 4.78 is 0. The van der Waals surface area contributed by atoms with Crippen molar-refractivity contribution in [3.63, 3.8) is 0 Å². The van der Waals surface area contributed by atoms with Gasteiger partial charge in [-0.15, -0.1) is 11.3 Å². The first-order valence-electron chi connectivity index (χ1n) is 9.84. The zero-order valence-corrected chi connectivity index (χ0v) is 17.5. The molecule has 146 valence electrons. The van der Waals surface area contributed by atoms with Crippen LogP contribution in [0.4, 0.5) is 5.82 Å². The summed E-state index contributed by atoms with van der Waals surface area (Å²) in [4.78, 5) is 13.1. The molecule has 1 saturated heterocycles. The van der Waals surface area contributed by atoms with E-state index in [1.54, 1.807) is 11.3 Å². The van der Waals surface area contributed by atoms with E-state index in [1.807, 2.05) is 6.20 Å². The number of nitrogens with zero attached hydrogens (tertiary/aromatic N) is 3. The second kappa shape index (κ2) is 9.22. The van der Waals surface area contributed by atoms with Crippen LogP contribution in [0.1, 0.15) is 44.1 Å². The van der Waals surface area contributed by atoms with E-state index in [0.29, 0.717) is 6.54 Å². The maximum Gasteiger partial charge on any atom is 0.191 e. The second-order valence-electron chi connectivity index (χ2n) is 7.63. The first kappa shape index (κ1) is 19.7. The number of nitrogens with one attached hydrogen (secondary N) is 2. The Bertz CT molecular complexity index is 733. The topological polar surface area (TPSA) is 52.6 Å². The molecule has 0 saturated carbocycles. The number of guanidine groups is 1. The average molecular weight is 386 g/mol. The Balaban J connectivity index is 1.62. The smallest absolute Gasteiger partial charge is 0.191 e. The lowest BCUT2D eigenvalue weighted by molar-refractivity contribution is 0.518. The largest absolute Gasteiger partial charge is 0.357 e. The first-order valence-corrected chi connectivity index (χ1v) is 10.7. The molecule has 1 fully saturated rings. The molecule has 0 bridgehead atoms.